The number of rotatable bonds is 5. The lowest BCUT2D eigenvalue weighted by atomic mass is 9.85. The molecule has 1 aromatic rings. The van der Waals surface area contributed by atoms with Gasteiger partial charge in [-0.05, 0) is 31.0 Å². The molecule has 0 saturated carbocycles. The molecule has 138 valence electrons. The van der Waals surface area contributed by atoms with Crippen molar-refractivity contribution in [2.24, 2.45) is 11.8 Å². The molecule has 6 nitrogen and oxygen atoms in total. The van der Waals surface area contributed by atoms with Crippen molar-refractivity contribution in [2.75, 3.05) is 11.9 Å². The Kier molecular flexibility index (Phi) is 5.22. The third-order valence-electron chi connectivity index (χ3n) is 4.33. The summed E-state index contributed by atoms with van der Waals surface area (Å²) in [7, 11) is 0. The van der Waals surface area contributed by atoms with Crippen molar-refractivity contribution in [3.05, 3.63) is 35.4 Å². The van der Waals surface area contributed by atoms with Crippen LogP contribution in [0.4, 0.5) is 14.5 Å². The molecule has 0 spiro atoms. The summed E-state index contributed by atoms with van der Waals surface area (Å²) in [5.41, 5.74) is 0.236. The fraction of sp³-hybridized carbons (Fsp3) is 0.353. The summed E-state index contributed by atoms with van der Waals surface area (Å²) in [6.07, 6.45) is 4.71. The Morgan fingerprint density at radius 1 is 1.23 bits per heavy atom. The van der Waals surface area contributed by atoms with Crippen molar-refractivity contribution in [3.63, 3.8) is 0 Å². The highest BCUT2D eigenvalue weighted by Crippen LogP contribution is 2.35. The van der Waals surface area contributed by atoms with Gasteiger partial charge >= 0.3 is 6.61 Å². The first-order valence-corrected chi connectivity index (χ1v) is 8.29. The Morgan fingerprint density at radius 2 is 1.85 bits per heavy atom. The highest BCUT2D eigenvalue weighted by molar-refractivity contribution is 6.32. The number of ether oxygens (including phenoxy) is 1. The number of alkyl halides is 2. The molecule has 1 aliphatic heterocycles. The molecule has 9 heteroatoms. The van der Waals surface area contributed by atoms with Gasteiger partial charge in [0.25, 0.3) is 0 Å². The van der Waals surface area contributed by atoms with Crippen LogP contribution in [0.2, 0.25) is 5.02 Å². The molecule has 3 rings (SSSR count). The first-order valence-electron chi connectivity index (χ1n) is 7.91. The van der Waals surface area contributed by atoms with Gasteiger partial charge in [0, 0.05) is 5.69 Å². The zero-order valence-corrected chi connectivity index (χ0v) is 14.2. The van der Waals surface area contributed by atoms with E-state index >= 15 is 0 Å². The maximum absolute atomic E-state index is 12.3. The second-order valence-corrected chi connectivity index (χ2v) is 6.40. The summed E-state index contributed by atoms with van der Waals surface area (Å²) in [5, 5.41) is 2.38. The zero-order valence-electron chi connectivity index (χ0n) is 13.5. The third kappa shape index (κ3) is 3.70. The number of imide groups is 1. The lowest BCUT2D eigenvalue weighted by Crippen LogP contribution is -2.38. The van der Waals surface area contributed by atoms with Crippen LogP contribution < -0.4 is 10.1 Å². The highest BCUT2D eigenvalue weighted by atomic mass is 35.5. The number of amides is 3. The average Bonchev–Trinajstić information content (AvgIpc) is 2.82. The van der Waals surface area contributed by atoms with E-state index in [1.54, 1.807) is 0 Å². The SMILES string of the molecule is O=C(CN1C(=O)[C@@H]2CC=CC[C@H]2C1=O)Nc1ccc(OC(F)F)c(Cl)c1. The molecule has 1 N–H and O–H groups in total. The van der Waals surface area contributed by atoms with E-state index in [4.69, 9.17) is 11.6 Å². The topological polar surface area (TPSA) is 75.7 Å². The van der Waals surface area contributed by atoms with E-state index in [0.717, 1.165) is 4.90 Å². The van der Waals surface area contributed by atoms with Crippen LogP contribution in [0.25, 0.3) is 0 Å². The van der Waals surface area contributed by atoms with E-state index in [1.165, 1.54) is 18.2 Å². The minimum Gasteiger partial charge on any atom is -0.433 e. The van der Waals surface area contributed by atoms with E-state index in [0.29, 0.717) is 12.8 Å². The van der Waals surface area contributed by atoms with Crippen LogP contribution in [-0.4, -0.2) is 35.8 Å². The number of halogens is 3. The first-order chi connectivity index (χ1) is 12.4. The molecule has 0 aromatic heterocycles. The van der Waals surface area contributed by atoms with Crippen LogP contribution >= 0.6 is 11.6 Å². The average molecular weight is 385 g/mol. The fourth-order valence-corrected chi connectivity index (χ4v) is 3.36. The van der Waals surface area contributed by atoms with Crippen LogP contribution in [0.1, 0.15) is 12.8 Å². The van der Waals surface area contributed by atoms with E-state index < -0.39 is 30.9 Å². The van der Waals surface area contributed by atoms with Crippen molar-refractivity contribution in [1.82, 2.24) is 4.90 Å². The molecule has 2 atom stereocenters. The van der Waals surface area contributed by atoms with Crippen molar-refractivity contribution in [1.29, 1.82) is 0 Å². The lowest BCUT2D eigenvalue weighted by Gasteiger charge is -2.15. The quantitative estimate of drug-likeness (QED) is 0.625. The van der Waals surface area contributed by atoms with Gasteiger partial charge in [-0.2, -0.15) is 8.78 Å². The molecule has 0 bridgehead atoms. The van der Waals surface area contributed by atoms with Gasteiger partial charge in [-0.1, -0.05) is 23.8 Å². The Labute approximate surface area is 152 Å². The molecular weight excluding hydrogens is 370 g/mol. The second-order valence-electron chi connectivity index (χ2n) is 5.99. The number of nitrogens with one attached hydrogen (secondary N) is 1. The molecule has 0 unspecified atom stereocenters. The number of hydrogen-bond donors (Lipinski definition) is 1. The maximum atomic E-state index is 12.3. The summed E-state index contributed by atoms with van der Waals surface area (Å²) in [6, 6.07) is 3.77. The highest BCUT2D eigenvalue weighted by Gasteiger charge is 2.47. The normalized spacial score (nSPS) is 21.9. The van der Waals surface area contributed by atoms with Crippen molar-refractivity contribution in [3.8, 4) is 5.75 Å². The van der Waals surface area contributed by atoms with Gasteiger partial charge in [0.15, 0.2) is 0 Å². The summed E-state index contributed by atoms with van der Waals surface area (Å²) in [6.45, 7) is -3.42. The molecule has 1 aliphatic carbocycles. The number of hydrogen-bond acceptors (Lipinski definition) is 4. The Hall–Kier alpha value is -2.48. The summed E-state index contributed by atoms with van der Waals surface area (Å²) < 4.78 is 28.6. The van der Waals surface area contributed by atoms with Crippen LogP contribution in [0.3, 0.4) is 0 Å². The first kappa shape index (κ1) is 18.3. The summed E-state index contributed by atoms with van der Waals surface area (Å²) in [4.78, 5) is 37.8. The lowest BCUT2D eigenvalue weighted by molar-refractivity contribution is -0.142. The number of fused-ring (bicyclic) bond motifs is 1. The third-order valence-corrected chi connectivity index (χ3v) is 4.63. The van der Waals surface area contributed by atoms with E-state index in [2.05, 4.69) is 10.1 Å². The number of benzene rings is 1. The molecule has 1 fully saturated rings. The van der Waals surface area contributed by atoms with E-state index in [-0.39, 0.29) is 28.3 Å². The minimum atomic E-state index is -3.02. The van der Waals surface area contributed by atoms with Crippen LogP contribution in [0.5, 0.6) is 5.75 Å². The van der Waals surface area contributed by atoms with Crippen molar-refractivity contribution in [2.45, 2.75) is 19.5 Å². The number of carbonyl (C=O) groups is 3. The van der Waals surface area contributed by atoms with E-state index in [9.17, 15) is 23.2 Å². The van der Waals surface area contributed by atoms with Crippen LogP contribution in [-0.2, 0) is 14.4 Å². The number of carbonyl (C=O) groups excluding carboxylic acids is 3. The molecule has 1 aromatic carbocycles. The monoisotopic (exact) mass is 384 g/mol. The summed E-state index contributed by atoms with van der Waals surface area (Å²) in [5.74, 6) is -2.31. The number of allylic oxidation sites excluding steroid dienone is 2. The molecular formula is C17H15ClF2N2O4. The van der Waals surface area contributed by atoms with Gasteiger partial charge in [-0.3, -0.25) is 19.3 Å². The van der Waals surface area contributed by atoms with Gasteiger partial charge in [0.1, 0.15) is 12.3 Å². The Morgan fingerprint density at radius 3 is 2.38 bits per heavy atom. The van der Waals surface area contributed by atoms with Gasteiger partial charge in [-0.25, -0.2) is 0 Å². The van der Waals surface area contributed by atoms with Crippen molar-refractivity contribution >= 4 is 35.0 Å². The number of nitrogens with zero attached hydrogens (tertiary/aromatic N) is 1. The van der Waals surface area contributed by atoms with E-state index in [1.807, 2.05) is 12.2 Å². The number of anilines is 1. The van der Waals surface area contributed by atoms with Crippen LogP contribution in [0.15, 0.2) is 30.4 Å². The van der Waals surface area contributed by atoms with Crippen LogP contribution in [0, 0.1) is 11.8 Å². The molecule has 26 heavy (non-hydrogen) atoms. The second kappa shape index (κ2) is 7.41. The molecule has 1 heterocycles. The van der Waals surface area contributed by atoms with Crippen molar-refractivity contribution < 1.29 is 27.9 Å². The van der Waals surface area contributed by atoms with Gasteiger partial charge in [0.05, 0.1) is 16.9 Å². The minimum absolute atomic E-state index is 0.103. The largest absolute Gasteiger partial charge is 0.433 e. The fourth-order valence-electron chi connectivity index (χ4n) is 3.14. The van der Waals surface area contributed by atoms with Gasteiger partial charge < -0.3 is 10.1 Å². The zero-order chi connectivity index (χ0) is 18.8. The maximum Gasteiger partial charge on any atom is 0.387 e. The summed E-state index contributed by atoms with van der Waals surface area (Å²) >= 11 is 5.82. The molecule has 0 radical (unpaired) electrons. The predicted octanol–water partition coefficient (Wildman–Crippen LogP) is 2.83. The molecule has 1 saturated heterocycles. The Balaban J connectivity index is 1.63. The van der Waals surface area contributed by atoms with Gasteiger partial charge in [0.2, 0.25) is 17.7 Å². The Bertz CT molecular complexity index is 758. The number of likely N-dealkylation sites (tertiary alicyclic amines) is 1. The standard InChI is InChI=1S/C17H15ClF2N2O4/c18-12-7-9(5-6-13(12)26-17(19)20)21-14(23)8-22-15(24)10-3-1-2-4-11(10)16(22)25/h1-2,5-7,10-11,17H,3-4,8H2,(H,21,23)/t10-,11-/m1/s1. The smallest absolute Gasteiger partial charge is 0.387 e. The predicted molar refractivity (Wildman–Crippen MR) is 88.8 cm³/mol. The molecule has 2 aliphatic rings. The van der Waals surface area contributed by atoms with Gasteiger partial charge in [-0.15, -0.1) is 0 Å². The molecule has 3 amide bonds.